The Labute approximate surface area is 150 Å². The fourth-order valence-electron chi connectivity index (χ4n) is 3.72. The molecule has 4 nitrogen and oxygen atoms in total. The van der Waals surface area contributed by atoms with Gasteiger partial charge in [0.15, 0.2) is 0 Å². The zero-order chi connectivity index (χ0) is 16.8. The van der Waals surface area contributed by atoms with E-state index in [1.807, 2.05) is 12.1 Å². The predicted octanol–water partition coefficient (Wildman–Crippen LogP) is 3.16. The first-order valence-electron chi connectivity index (χ1n) is 9.20. The highest BCUT2D eigenvalue weighted by Crippen LogP contribution is 2.23. The number of nitrogens with zero attached hydrogens (tertiary/aromatic N) is 2. The van der Waals surface area contributed by atoms with Crippen LogP contribution in [0.15, 0.2) is 24.3 Å². The van der Waals surface area contributed by atoms with Crippen LogP contribution in [0.4, 0.5) is 5.69 Å². The molecule has 0 radical (unpaired) electrons. The number of nitrogens with one attached hydrogen (secondary N) is 1. The van der Waals surface area contributed by atoms with Gasteiger partial charge in [-0.25, -0.2) is 0 Å². The third-order valence-electron chi connectivity index (χ3n) is 5.24. The Bertz CT molecular complexity index is 520. The van der Waals surface area contributed by atoms with Crippen molar-refractivity contribution in [3.05, 3.63) is 29.3 Å². The van der Waals surface area contributed by atoms with Gasteiger partial charge in [0.25, 0.3) is 0 Å². The average molecular weight is 350 g/mol. The molecule has 5 heteroatoms. The van der Waals surface area contributed by atoms with E-state index in [1.165, 1.54) is 37.8 Å². The minimum atomic E-state index is 0.181. The third kappa shape index (κ3) is 5.12. The van der Waals surface area contributed by atoms with Crippen LogP contribution in [0, 0.1) is 5.92 Å². The number of rotatable bonds is 5. The maximum Gasteiger partial charge on any atom is 0.234 e. The molecule has 1 saturated heterocycles. The monoisotopic (exact) mass is 349 g/mol. The van der Waals surface area contributed by atoms with E-state index in [-0.39, 0.29) is 5.91 Å². The molecular weight excluding hydrogens is 322 g/mol. The van der Waals surface area contributed by atoms with Crippen molar-refractivity contribution in [1.29, 1.82) is 0 Å². The molecule has 1 heterocycles. The van der Waals surface area contributed by atoms with Gasteiger partial charge in [0.2, 0.25) is 5.91 Å². The molecule has 2 aliphatic rings. The van der Waals surface area contributed by atoms with Crippen molar-refractivity contribution >= 4 is 23.2 Å². The standard InChI is InChI=1S/C19H28ClN3O/c20-17-6-8-18(9-7-17)23-12-10-22(11-13-23)15-19(24)21-14-16-4-2-1-3-5-16/h6-9,16H,1-5,10-15H2,(H,21,24). The molecule has 0 spiro atoms. The molecule has 1 aromatic rings. The number of amides is 1. The Kier molecular flexibility index (Phi) is 6.38. The van der Waals surface area contributed by atoms with Gasteiger partial charge < -0.3 is 10.2 Å². The lowest BCUT2D eigenvalue weighted by Gasteiger charge is -2.35. The second-order valence-corrected chi connectivity index (χ2v) is 7.48. The van der Waals surface area contributed by atoms with E-state index in [4.69, 9.17) is 11.6 Å². The second-order valence-electron chi connectivity index (χ2n) is 7.05. The van der Waals surface area contributed by atoms with Crippen LogP contribution in [0.1, 0.15) is 32.1 Å². The zero-order valence-corrected chi connectivity index (χ0v) is 15.1. The summed E-state index contributed by atoms with van der Waals surface area (Å²) in [6.07, 6.45) is 6.57. The molecule has 1 aromatic carbocycles. The van der Waals surface area contributed by atoms with Gasteiger partial charge in [-0.05, 0) is 43.0 Å². The number of piperazine rings is 1. The van der Waals surface area contributed by atoms with Gasteiger partial charge in [-0.3, -0.25) is 9.69 Å². The molecule has 132 valence electrons. The molecule has 1 aliphatic carbocycles. The van der Waals surface area contributed by atoms with Gasteiger partial charge >= 0.3 is 0 Å². The molecule has 0 atom stereocenters. The highest BCUT2D eigenvalue weighted by molar-refractivity contribution is 6.30. The Hall–Kier alpha value is -1.26. The van der Waals surface area contributed by atoms with Gasteiger partial charge in [0.1, 0.15) is 0 Å². The smallest absolute Gasteiger partial charge is 0.234 e. The van der Waals surface area contributed by atoms with Gasteiger partial charge in [-0.2, -0.15) is 0 Å². The van der Waals surface area contributed by atoms with E-state index >= 15 is 0 Å². The molecule has 1 saturated carbocycles. The molecule has 1 amide bonds. The van der Waals surface area contributed by atoms with E-state index in [0.717, 1.165) is 37.7 Å². The second kappa shape index (κ2) is 8.72. The Morgan fingerprint density at radius 2 is 1.71 bits per heavy atom. The van der Waals surface area contributed by atoms with Crippen LogP contribution < -0.4 is 10.2 Å². The van der Waals surface area contributed by atoms with Crippen molar-refractivity contribution in [2.24, 2.45) is 5.92 Å². The third-order valence-corrected chi connectivity index (χ3v) is 5.50. The van der Waals surface area contributed by atoms with Crippen molar-refractivity contribution in [3.8, 4) is 0 Å². The minimum Gasteiger partial charge on any atom is -0.369 e. The van der Waals surface area contributed by atoms with E-state index in [0.29, 0.717) is 12.5 Å². The van der Waals surface area contributed by atoms with E-state index < -0.39 is 0 Å². The largest absolute Gasteiger partial charge is 0.369 e. The van der Waals surface area contributed by atoms with E-state index in [9.17, 15) is 4.79 Å². The first kappa shape index (κ1) is 17.6. The molecule has 2 fully saturated rings. The van der Waals surface area contributed by atoms with Crippen molar-refractivity contribution < 1.29 is 4.79 Å². The fraction of sp³-hybridized carbons (Fsp3) is 0.632. The highest BCUT2D eigenvalue weighted by Gasteiger charge is 2.20. The average Bonchev–Trinajstić information content (AvgIpc) is 2.62. The van der Waals surface area contributed by atoms with Crippen molar-refractivity contribution in [3.63, 3.8) is 0 Å². The predicted molar refractivity (Wildman–Crippen MR) is 99.7 cm³/mol. The van der Waals surface area contributed by atoms with Gasteiger partial charge in [-0.15, -0.1) is 0 Å². The lowest BCUT2D eigenvalue weighted by molar-refractivity contribution is -0.122. The molecule has 3 rings (SSSR count). The van der Waals surface area contributed by atoms with Crippen molar-refractivity contribution in [1.82, 2.24) is 10.2 Å². The van der Waals surface area contributed by atoms with Crippen LogP contribution >= 0.6 is 11.6 Å². The van der Waals surface area contributed by atoms with Crippen LogP contribution in [-0.4, -0.2) is 50.1 Å². The number of benzene rings is 1. The highest BCUT2D eigenvalue weighted by atomic mass is 35.5. The normalized spacial score (nSPS) is 20.1. The maximum atomic E-state index is 12.2. The summed E-state index contributed by atoms with van der Waals surface area (Å²) in [5, 5.41) is 3.91. The topological polar surface area (TPSA) is 35.6 Å². The maximum absolute atomic E-state index is 12.2. The Balaban J connectivity index is 1.37. The number of carbonyl (C=O) groups excluding carboxylic acids is 1. The van der Waals surface area contributed by atoms with E-state index in [2.05, 4.69) is 27.2 Å². The van der Waals surface area contributed by atoms with Gasteiger partial charge in [0.05, 0.1) is 6.54 Å². The first-order valence-corrected chi connectivity index (χ1v) is 9.58. The quantitative estimate of drug-likeness (QED) is 0.887. The lowest BCUT2D eigenvalue weighted by Crippen LogP contribution is -2.49. The van der Waals surface area contributed by atoms with Gasteiger partial charge in [0, 0.05) is 43.4 Å². The van der Waals surface area contributed by atoms with Crippen LogP contribution in [0.3, 0.4) is 0 Å². The number of hydrogen-bond acceptors (Lipinski definition) is 3. The van der Waals surface area contributed by atoms with Gasteiger partial charge in [-0.1, -0.05) is 30.9 Å². The zero-order valence-electron chi connectivity index (χ0n) is 14.3. The number of anilines is 1. The summed E-state index contributed by atoms with van der Waals surface area (Å²) in [5.74, 6) is 0.880. The molecule has 1 N–H and O–H groups in total. The molecule has 0 aromatic heterocycles. The van der Waals surface area contributed by atoms with Crippen molar-refractivity contribution in [2.75, 3.05) is 44.2 Å². The first-order chi connectivity index (χ1) is 11.7. The van der Waals surface area contributed by atoms with Crippen LogP contribution in [0.25, 0.3) is 0 Å². The molecule has 0 bridgehead atoms. The molecule has 24 heavy (non-hydrogen) atoms. The molecule has 0 unspecified atom stereocenters. The van der Waals surface area contributed by atoms with Crippen LogP contribution in [-0.2, 0) is 4.79 Å². The van der Waals surface area contributed by atoms with Crippen LogP contribution in [0.2, 0.25) is 5.02 Å². The van der Waals surface area contributed by atoms with E-state index in [1.54, 1.807) is 0 Å². The number of hydrogen-bond donors (Lipinski definition) is 1. The SMILES string of the molecule is O=C(CN1CCN(c2ccc(Cl)cc2)CC1)NCC1CCCCC1. The molecule has 1 aliphatic heterocycles. The number of carbonyl (C=O) groups is 1. The lowest BCUT2D eigenvalue weighted by atomic mass is 9.89. The summed E-state index contributed by atoms with van der Waals surface area (Å²) in [6.45, 7) is 5.17. The summed E-state index contributed by atoms with van der Waals surface area (Å²) in [6, 6.07) is 7.99. The Morgan fingerprint density at radius 1 is 1.04 bits per heavy atom. The fourth-order valence-corrected chi connectivity index (χ4v) is 3.85. The number of halogens is 1. The summed E-state index contributed by atoms with van der Waals surface area (Å²) in [4.78, 5) is 16.8. The Morgan fingerprint density at radius 3 is 2.38 bits per heavy atom. The van der Waals surface area contributed by atoms with Crippen LogP contribution in [0.5, 0.6) is 0 Å². The summed E-state index contributed by atoms with van der Waals surface area (Å²) < 4.78 is 0. The summed E-state index contributed by atoms with van der Waals surface area (Å²) in [7, 11) is 0. The summed E-state index contributed by atoms with van der Waals surface area (Å²) in [5.41, 5.74) is 1.21. The minimum absolute atomic E-state index is 0.181. The molecular formula is C19H28ClN3O. The van der Waals surface area contributed by atoms with Crippen molar-refractivity contribution in [2.45, 2.75) is 32.1 Å². The summed E-state index contributed by atoms with van der Waals surface area (Å²) >= 11 is 5.95.